The molecule has 0 bridgehead atoms. The Morgan fingerprint density at radius 3 is 2.05 bits per heavy atom. The van der Waals surface area contributed by atoms with Crippen LogP contribution in [0.2, 0.25) is 0 Å². The Hall–Kier alpha value is -6.26. The zero-order chi connectivity index (χ0) is 45.9. The Morgan fingerprint density at radius 2 is 1.34 bits per heavy atom. The maximum Gasteiger partial charge on any atom is 0.149 e. The number of hydrogen-bond acceptors (Lipinski definition) is 3. The van der Waals surface area contributed by atoms with Crippen molar-refractivity contribution in [1.82, 2.24) is 14.5 Å². The summed E-state index contributed by atoms with van der Waals surface area (Å²) >= 11 is 0. The van der Waals surface area contributed by atoms with Crippen molar-refractivity contribution >= 4 is 11.0 Å². The molecule has 8 aromatic rings. The summed E-state index contributed by atoms with van der Waals surface area (Å²) in [5.74, 6) is 0.898. The Kier molecular flexibility index (Phi) is 8.35. The highest BCUT2D eigenvalue weighted by molar-refractivity contribution is 5.98. The van der Waals surface area contributed by atoms with Crippen molar-refractivity contribution in [3.8, 4) is 67.5 Å². The predicted octanol–water partition coefficient (Wildman–Crippen LogP) is 14.6. The van der Waals surface area contributed by atoms with Gasteiger partial charge in [-0.05, 0) is 118 Å². The SMILES string of the molecule is [2H]C([2H])([2H])c1ccc(-c2ccnc(-c3cc(-c4cccc5c4nc(-c4cc(C(C)C)cc(C(C)C)c4O)n5-c4ccc(C([2H])([2H])[2H])cc4-c4ccccc4)cc(C(C)(C)C)c3)c2)cc1. The fourth-order valence-corrected chi connectivity index (χ4v) is 7.76. The van der Waals surface area contributed by atoms with Gasteiger partial charge in [0.25, 0.3) is 0 Å². The lowest BCUT2D eigenvalue weighted by atomic mass is 9.83. The molecule has 4 nitrogen and oxygen atoms in total. The smallest absolute Gasteiger partial charge is 0.149 e. The van der Waals surface area contributed by atoms with Crippen LogP contribution in [0, 0.1) is 13.7 Å². The van der Waals surface area contributed by atoms with E-state index in [1.165, 1.54) is 0 Å². The fraction of sp³-hybridized carbons (Fsp3) is 0.222. The van der Waals surface area contributed by atoms with Crippen molar-refractivity contribution in [2.24, 2.45) is 0 Å². The zero-order valence-electron chi connectivity index (χ0n) is 40.2. The number of nitrogens with zero attached hydrogens (tertiary/aromatic N) is 3. The summed E-state index contributed by atoms with van der Waals surface area (Å²) in [6.07, 6.45) is 1.78. The number of aromatic nitrogens is 3. The molecule has 0 spiro atoms. The molecule has 0 fully saturated rings. The molecule has 0 aliphatic heterocycles. The predicted molar refractivity (Wildman–Crippen MR) is 244 cm³/mol. The van der Waals surface area contributed by atoms with E-state index < -0.39 is 13.7 Å². The van der Waals surface area contributed by atoms with E-state index >= 15 is 0 Å². The second-order valence-corrected chi connectivity index (χ2v) is 16.9. The molecule has 6 aromatic carbocycles. The lowest BCUT2D eigenvalue weighted by Crippen LogP contribution is -2.11. The number of aryl methyl sites for hydroxylation is 2. The van der Waals surface area contributed by atoms with E-state index in [0.29, 0.717) is 22.5 Å². The van der Waals surface area contributed by atoms with Gasteiger partial charge in [-0.15, -0.1) is 0 Å². The topological polar surface area (TPSA) is 50.9 Å². The van der Waals surface area contributed by atoms with Crippen LogP contribution < -0.4 is 0 Å². The molecular weight excluding hydrogens is 707 g/mol. The highest BCUT2D eigenvalue weighted by atomic mass is 16.3. The molecule has 2 aromatic heterocycles. The molecule has 0 amide bonds. The van der Waals surface area contributed by atoms with E-state index in [-0.39, 0.29) is 28.6 Å². The Morgan fingerprint density at radius 1 is 0.603 bits per heavy atom. The third kappa shape index (κ3) is 7.36. The summed E-state index contributed by atoms with van der Waals surface area (Å²) in [5.41, 5.74) is 13.0. The maximum absolute atomic E-state index is 12.2. The Balaban J connectivity index is 1.41. The molecule has 0 aliphatic rings. The zero-order valence-corrected chi connectivity index (χ0v) is 34.2. The molecule has 8 rings (SSSR count). The number of benzene rings is 6. The molecule has 0 saturated carbocycles. The molecule has 1 N–H and O–H groups in total. The lowest BCUT2D eigenvalue weighted by Gasteiger charge is -2.22. The van der Waals surface area contributed by atoms with Gasteiger partial charge in [-0.1, -0.05) is 145 Å². The summed E-state index contributed by atoms with van der Waals surface area (Å²) < 4.78 is 50.6. The molecule has 290 valence electrons. The molecule has 0 atom stereocenters. The highest BCUT2D eigenvalue weighted by Crippen LogP contribution is 2.44. The third-order valence-electron chi connectivity index (χ3n) is 11.1. The summed E-state index contributed by atoms with van der Waals surface area (Å²) in [6, 6.07) is 42.8. The van der Waals surface area contributed by atoms with Gasteiger partial charge in [0.1, 0.15) is 11.6 Å². The quantitative estimate of drug-likeness (QED) is 0.168. The third-order valence-corrected chi connectivity index (χ3v) is 11.1. The fourth-order valence-electron chi connectivity index (χ4n) is 7.76. The van der Waals surface area contributed by atoms with Gasteiger partial charge in [0.15, 0.2) is 0 Å². The van der Waals surface area contributed by atoms with Gasteiger partial charge in [0.05, 0.1) is 28.0 Å². The maximum atomic E-state index is 12.2. The second kappa shape index (κ2) is 15.2. The van der Waals surface area contributed by atoms with E-state index in [4.69, 9.17) is 18.2 Å². The number of hydrogen-bond donors (Lipinski definition) is 1. The van der Waals surface area contributed by atoms with Crippen LogP contribution in [-0.4, -0.2) is 19.6 Å². The van der Waals surface area contributed by atoms with Crippen LogP contribution in [0.5, 0.6) is 5.75 Å². The van der Waals surface area contributed by atoms with Crippen molar-refractivity contribution in [3.63, 3.8) is 0 Å². The largest absolute Gasteiger partial charge is 0.507 e. The van der Waals surface area contributed by atoms with Gasteiger partial charge in [-0.3, -0.25) is 9.55 Å². The van der Waals surface area contributed by atoms with Crippen LogP contribution in [-0.2, 0) is 5.41 Å². The van der Waals surface area contributed by atoms with Crippen LogP contribution in [0.4, 0.5) is 0 Å². The number of phenols is 1. The highest BCUT2D eigenvalue weighted by Gasteiger charge is 2.26. The van der Waals surface area contributed by atoms with Crippen molar-refractivity contribution in [3.05, 3.63) is 167 Å². The van der Waals surface area contributed by atoms with E-state index in [1.807, 2.05) is 78.9 Å². The van der Waals surface area contributed by atoms with Gasteiger partial charge in [-0.2, -0.15) is 0 Å². The molecule has 2 heterocycles. The summed E-state index contributed by atoms with van der Waals surface area (Å²) in [5, 5.41) is 12.2. The Bertz CT molecular complexity index is 3010. The van der Waals surface area contributed by atoms with E-state index in [9.17, 15) is 5.11 Å². The summed E-state index contributed by atoms with van der Waals surface area (Å²) in [7, 11) is 0. The van der Waals surface area contributed by atoms with Crippen molar-refractivity contribution < 1.29 is 13.3 Å². The number of imidazole rings is 1. The van der Waals surface area contributed by atoms with Crippen molar-refractivity contribution in [2.75, 3.05) is 0 Å². The Labute approximate surface area is 352 Å². The molecule has 0 saturated heterocycles. The number of rotatable bonds is 8. The van der Waals surface area contributed by atoms with Gasteiger partial charge in [0.2, 0.25) is 0 Å². The monoisotopic (exact) mass is 765 g/mol. The number of fused-ring (bicyclic) bond motifs is 1. The van der Waals surface area contributed by atoms with Crippen LogP contribution >= 0.6 is 0 Å². The summed E-state index contributed by atoms with van der Waals surface area (Å²) in [4.78, 5) is 10.4. The molecule has 4 heteroatoms. The number of para-hydroxylation sites is 1. The normalized spacial score (nSPS) is 13.9. The first kappa shape index (κ1) is 31.8. The van der Waals surface area contributed by atoms with Crippen LogP contribution in [0.25, 0.3) is 72.7 Å². The number of phenolic OH excluding ortho intramolecular Hbond substituents is 1. The molecule has 0 aliphatic carbocycles. The minimum absolute atomic E-state index is 0.0310. The number of pyridine rings is 1. The molecular formula is C54H53N3O. The first-order chi connectivity index (χ1) is 30.2. The van der Waals surface area contributed by atoms with Gasteiger partial charge in [-0.25, -0.2) is 4.98 Å². The minimum atomic E-state index is -2.33. The first-order valence-corrected chi connectivity index (χ1v) is 20.0. The van der Waals surface area contributed by atoms with E-state index in [1.54, 1.807) is 30.5 Å². The molecule has 58 heavy (non-hydrogen) atoms. The van der Waals surface area contributed by atoms with Crippen LogP contribution in [0.3, 0.4) is 0 Å². The van der Waals surface area contributed by atoms with Crippen LogP contribution in [0.1, 0.15) is 96.3 Å². The molecule has 0 unspecified atom stereocenters. The number of aromatic hydroxyl groups is 1. The lowest BCUT2D eigenvalue weighted by molar-refractivity contribution is 0.466. The van der Waals surface area contributed by atoms with Crippen LogP contribution in [0.15, 0.2) is 140 Å². The van der Waals surface area contributed by atoms with Gasteiger partial charge in [0, 0.05) is 31.1 Å². The first-order valence-electron chi connectivity index (χ1n) is 23.0. The van der Waals surface area contributed by atoms with Crippen molar-refractivity contribution in [1.29, 1.82) is 0 Å². The average Bonchev–Trinajstić information content (AvgIpc) is 3.65. The molecule has 0 radical (unpaired) electrons. The second-order valence-electron chi connectivity index (χ2n) is 16.9. The summed E-state index contributed by atoms with van der Waals surface area (Å²) in [6.45, 7) is 10.5. The minimum Gasteiger partial charge on any atom is -0.507 e. The van der Waals surface area contributed by atoms with Gasteiger partial charge < -0.3 is 5.11 Å². The van der Waals surface area contributed by atoms with Gasteiger partial charge >= 0.3 is 0 Å². The standard InChI is InChI=1S/C54H53N3O/c1-33(2)40-30-45(34(3)4)52(58)47(31-40)53-56-51-44(16-13-17-50(51)57(53)49-23-20-36(6)26-46(49)38-14-11-10-12-15-38)41-27-42(29-43(28-41)54(7,8)9)48-32-39(24-25-55-48)37-21-18-35(5)19-22-37/h10-34,58H,1-9H3/i5D3,6D3. The van der Waals surface area contributed by atoms with Crippen molar-refractivity contribution in [2.45, 2.75) is 79.4 Å². The van der Waals surface area contributed by atoms with E-state index in [2.05, 4.69) is 83.4 Å². The van der Waals surface area contributed by atoms with E-state index in [0.717, 1.165) is 72.5 Å². The average molecular weight is 766 g/mol.